The van der Waals surface area contributed by atoms with Crippen LogP contribution in [0.25, 0.3) is 0 Å². The number of nitrogens with one attached hydrogen (secondary N) is 1. The molecular formula is C19H13Cl2F3N2O5. The SMILES string of the molecule is CC1(C)OC(=O)C(=CNc2ccc(Oc3ncc(C(F)(F)F)cc3Cl)c(Cl)c2)C(=O)O1. The fourth-order valence-corrected chi connectivity index (χ4v) is 2.79. The second kappa shape index (κ2) is 8.27. The number of alkyl halides is 3. The van der Waals surface area contributed by atoms with Gasteiger partial charge in [0.1, 0.15) is 10.8 Å². The minimum Gasteiger partial charge on any atom is -0.436 e. The number of esters is 2. The summed E-state index contributed by atoms with van der Waals surface area (Å²) < 4.78 is 53.4. The highest BCUT2D eigenvalue weighted by atomic mass is 35.5. The van der Waals surface area contributed by atoms with E-state index in [0.717, 1.165) is 6.20 Å². The quantitative estimate of drug-likeness (QED) is 0.362. The average Bonchev–Trinajstić information content (AvgIpc) is 2.62. The molecule has 3 rings (SSSR count). The lowest BCUT2D eigenvalue weighted by atomic mass is 10.2. The normalized spacial score (nSPS) is 15.8. The van der Waals surface area contributed by atoms with Gasteiger partial charge in [-0.15, -0.1) is 0 Å². The fraction of sp³-hybridized carbons (Fsp3) is 0.211. The highest BCUT2D eigenvalue weighted by Gasteiger charge is 2.39. The van der Waals surface area contributed by atoms with E-state index in [9.17, 15) is 22.8 Å². The van der Waals surface area contributed by atoms with Crippen molar-refractivity contribution in [1.29, 1.82) is 0 Å². The Morgan fingerprint density at radius 1 is 1.10 bits per heavy atom. The number of carbonyl (C=O) groups is 2. The molecule has 2 aromatic rings. The summed E-state index contributed by atoms with van der Waals surface area (Å²) in [5.74, 6) is -3.28. The van der Waals surface area contributed by atoms with Crippen molar-refractivity contribution in [3.63, 3.8) is 0 Å². The van der Waals surface area contributed by atoms with Gasteiger partial charge in [0.15, 0.2) is 5.57 Å². The molecule has 1 saturated heterocycles. The molecular weight excluding hydrogens is 464 g/mol. The summed E-state index contributed by atoms with van der Waals surface area (Å²) in [6, 6.07) is 4.93. The van der Waals surface area contributed by atoms with Crippen LogP contribution in [0.5, 0.6) is 11.6 Å². The third kappa shape index (κ3) is 5.39. The lowest BCUT2D eigenvalue weighted by Gasteiger charge is -2.29. The predicted octanol–water partition coefficient (Wildman–Crippen LogP) is 5.33. The van der Waals surface area contributed by atoms with Crippen molar-refractivity contribution in [2.24, 2.45) is 0 Å². The molecule has 7 nitrogen and oxygen atoms in total. The van der Waals surface area contributed by atoms with Crippen molar-refractivity contribution in [3.05, 3.63) is 57.8 Å². The molecule has 0 amide bonds. The summed E-state index contributed by atoms with van der Waals surface area (Å²) in [7, 11) is 0. The number of pyridine rings is 1. The Bertz CT molecular complexity index is 1060. The third-order valence-electron chi connectivity index (χ3n) is 3.77. The van der Waals surface area contributed by atoms with E-state index >= 15 is 0 Å². The maximum Gasteiger partial charge on any atom is 0.417 e. The topological polar surface area (TPSA) is 86.8 Å². The van der Waals surface area contributed by atoms with Gasteiger partial charge in [-0.05, 0) is 24.3 Å². The highest BCUT2D eigenvalue weighted by molar-refractivity contribution is 6.33. The minimum absolute atomic E-state index is 0.0519. The minimum atomic E-state index is -4.60. The largest absolute Gasteiger partial charge is 0.436 e. The van der Waals surface area contributed by atoms with E-state index in [2.05, 4.69) is 10.3 Å². The molecule has 0 spiro atoms. The van der Waals surface area contributed by atoms with Crippen molar-refractivity contribution in [2.75, 3.05) is 5.32 Å². The lowest BCUT2D eigenvalue weighted by molar-refractivity contribution is -0.222. The second-order valence-electron chi connectivity index (χ2n) is 6.64. The van der Waals surface area contributed by atoms with E-state index in [1.807, 2.05) is 0 Å². The standard InChI is InChI=1S/C19H13Cl2F3N2O5/c1-18(2)30-16(27)11(17(28)31-18)8-25-10-3-4-14(12(20)6-10)29-15-13(21)5-9(7-26-15)19(22,23)24/h3-8,25H,1-2H3. The number of rotatable bonds is 4. The molecule has 2 heterocycles. The number of anilines is 1. The van der Waals surface area contributed by atoms with Crippen LogP contribution in [0.15, 0.2) is 42.2 Å². The van der Waals surface area contributed by atoms with Crippen LogP contribution in [-0.2, 0) is 25.2 Å². The summed E-state index contributed by atoms with van der Waals surface area (Å²) >= 11 is 11.9. The Kier molecular flexibility index (Phi) is 6.06. The molecule has 1 aliphatic rings. The number of benzene rings is 1. The number of nitrogens with zero attached hydrogens (tertiary/aromatic N) is 1. The van der Waals surface area contributed by atoms with Crippen LogP contribution in [0, 0.1) is 0 Å². The lowest BCUT2D eigenvalue weighted by Crippen LogP contribution is -2.42. The van der Waals surface area contributed by atoms with Crippen molar-refractivity contribution in [2.45, 2.75) is 25.8 Å². The second-order valence-corrected chi connectivity index (χ2v) is 7.45. The van der Waals surface area contributed by atoms with Crippen LogP contribution < -0.4 is 10.1 Å². The van der Waals surface area contributed by atoms with E-state index in [1.54, 1.807) is 0 Å². The molecule has 164 valence electrons. The molecule has 31 heavy (non-hydrogen) atoms. The van der Waals surface area contributed by atoms with Crippen LogP contribution in [-0.4, -0.2) is 22.7 Å². The Labute approximate surface area is 183 Å². The molecule has 1 aliphatic heterocycles. The monoisotopic (exact) mass is 476 g/mol. The van der Waals surface area contributed by atoms with E-state index < -0.39 is 29.5 Å². The van der Waals surface area contributed by atoms with Gasteiger partial charge in [-0.3, -0.25) is 0 Å². The molecule has 1 aromatic heterocycles. The summed E-state index contributed by atoms with van der Waals surface area (Å²) in [5, 5.41) is 2.40. The first kappa shape index (κ1) is 22.7. The van der Waals surface area contributed by atoms with Crippen molar-refractivity contribution in [1.82, 2.24) is 4.98 Å². The van der Waals surface area contributed by atoms with Crippen LogP contribution >= 0.6 is 23.2 Å². The van der Waals surface area contributed by atoms with Gasteiger partial charge in [-0.1, -0.05) is 23.2 Å². The third-order valence-corrected chi connectivity index (χ3v) is 4.34. The maximum atomic E-state index is 12.7. The van der Waals surface area contributed by atoms with Gasteiger partial charge >= 0.3 is 18.1 Å². The first-order chi connectivity index (χ1) is 14.4. The van der Waals surface area contributed by atoms with Gasteiger partial charge in [0.05, 0.1) is 10.6 Å². The van der Waals surface area contributed by atoms with Crippen molar-refractivity contribution < 1.29 is 37.0 Å². The Balaban J connectivity index is 1.74. The molecule has 1 aromatic carbocycles. The van der Waals surface area contributed by atoms with Crippen molar-refractivity contribution >= 4 is 40.8 Å². The maximum absolute atomic E-state index is 12.7. The van der Waals surface area contributed by atoms with Crippen LogP contribution in [0.4, 0.5) is 18.9 Å². The Morgan fingerprint density at radius 2 is 1.74 bits per heavy atom. The Morgan fingerprint density at radius 3 is 2.29 bits per heavy atom. The number of aromatic nitrogens is 1. The number of hydrogen-bond donors (Lipinski definition) is 1. The number of carbonyl (C=O) groups excluding carboxylic acids is 2. The van der Waals surface area contributed by atoms with Gasteiger partial charge < -0.3 is 19.5 Å². The molecule has 0 atom stereocenters. The molecule has 1 N–H and O–H groups in total. The van der Waals surface area contributed by atoms with E-state index in [0.29, 0.717) is 18.0 Å². The molecule has 0 saturated carbocycles. The van der Waals surface area contributed by atoms with Gasteiger partial charge in [-0.2, -0.15) is 13.2 Å². The fourth-order valence-electron chi connectivity index (χ4n) is 2.37. The molecule has 1 fully saturated rings. The summed E-state index contributed by atoms with van der Waals surface area (Å²) in [6.07, 6.45) is -2.91. The molecule has 0 unspecified atom stereocenters. The van der Waals surface area contributed by atoms with Gasteiger partial charge in [0.25, 0.3) is 5.79 Å². The summed E-state index contributed by atoms with van der Waals surface area (Å²) in [5.41, 5.74) is -1.01. The van der Waals surface area contributed by atoms with E-state index in [-0.39, 0.29) is 27.2 Å². The van der Waals surface area contributed by atoms with Gasteiger partial charge in [0.2, 0.25) is 5.88 Å². The summed E-state index contributed by atoms with van der Waals surface area (Å²) in [4.78, 5) is 27.4. The van der Waals surface area contributed by atoms with Gasteiger partial charge in [-0.25, -0.2) is 14.6 Å². The Hall–Kier alpha value is -2.98. The molecule has 0 radical (unpaired) electrons. The smallest absolute Gasteiger partial charge is 0.417 e. The predicted molar refractivity (Wildman–Crippen MR) is 104 cm³/mol. The number of halogens is 5. The zero-order valence-electron chi connectivity index (χ0n) is 15.8. The van der Waals surface area contributed by atoms with E-state index in [4.69, 9.17) is 37.4 Å². The number of hydrogen-bond acceptors (Lipinski definition) is 7. The highest BCUT2D eigenvalue weighted by Crippen LogP contribution is 2.37. The molecule has 12 heteroatoms. The van der Waals surface area contributed by atoms with Gasteiger partial charge in [0, 0.05) is 31.9 Å². The number of cyclic esters (lactones) is 2. The van der Waals surface area contributed by atoms with Crippen LogP contribution in [0.2, 0.25) is 10.0 Å². The molecule has 0 aliphatic carbocycles. The summed E-state index contributed by atoms with van der Waals surface area (Å²) in [6.45, 7) is 2.84. The first-order valence-electron chi connectivity index (χ1n) is 8.49. The zero-order chi connectivity index (χ0) is 23.0. The van der Waals surface area contributed by atoms with Crippen LogP contribution in [0.1, 0.15) is 19.4 Å². The average molecular weight is 477 g/mol. The van der Waals surface area contributed by atoms with Crippen LogP contribution in [0.3, 0.4) is 0 Å². The zero-order valence-corrected chi connectivity index (χ0v) is 17.4. The molecule has 0 bridgehead atoms. The van der Waals surface area contributed by atoms with Crippen molar-refractivity contribution in [3.8, 4) is 11.6 Å². The number of ether oxygens (including phenoxy) is 3. The first-order valence-corrected chi connectivity index (χ1v) is 9.25. The van der Waals surface area contributed by atoms with E-state index in [1.165, 1.54) is 32.0 Å².